The van der Waals surface area contributed by atoms with Gasteiger partial charge in [0.25, 0.3) is 0 Å². The molecule has 2 unspecified atom stereocenters. The summed E-state index contributed by atoms with van der Waals surface area (Å²) in [7, 11) is 0. The fraction of sp³-hybridized carbons (Fsp3) is 0.615. The van der Waals surface area contributed by atoms with Gasteiger partial charge in [0, 0.05) is 18.1 Å². The Morgan fingerprint density at radius 1 is 1.53 bits per heavy atom. The summed E-state index contributed by atoms with van der Waals surface area (Å²) in [6.07, 6.45) is 3.29. The number of hydrogen-bond acceptors (Lipinski definition) is 3. The summed E-state index contributed by atoms with van der Waals surface area (Å²) >= 11 is 3.34. The normalized spacial score (nSPS) is 26.4. The smallest absolute Gasteiger partial charge is 0.106 e. The molecule has 1 aliphatic rings. The molecule has 3 nitrogen and oxygen atoms in total. The molecule has 1 N–H and O–H groups in total. The highest BCUT2D eigenvalue weighted by atomic mass is 79.9. The van der Waals surface area contributed by atoms with Crippen LogP contribution in [0.3, 0.4) is 0 Å². The number of halogens is 1. The van der Waals surface area contributed by atoms with Crippen LogP contribution in [0.2, 0.25) is 0 Å². The zero-order chi connectivity index (χ0) is 12.5. The van der Waals surface area contributed by atoms with Gasteiger partial charge in [-0.3, -0.25) is 0 Å². The van der Waals surface area contributed by atoms with Crippen molar-refractivity contribution in [2.45, 2.75) is 39.3 Å². The highest BCUT2D eigenvalue weighted by Gasteiger charge is 2.48. The van der Waals surface area contributed by atoms with Crippen LogP contribution in [0.5, 0.6) is 0 Å². The van der Waals surface area contributed by atoms with E-state index in [-0.39, 0.29) is 5.41 Å². The monoisotopic (exact) mass is 298 g/mol. The third kappa shape index (κ3) is 2.63. The van der Waals surface area contributed by atoms with E-state index in [9.17, 15) is 0 Å². The molecule has 1 heterocycles. The molecular weight excluding hydrogens is 280 g/mol. The van der Waals surface area contributed by atoms with Gasteiger partial charge in [0.1, 0.15) is 4.60 Å². The summed E-state index contributed by atoms with van der Waals surface area (Å²) in [5.74, 6) is 0. The minimum Gasteiger partial charge on any atom is -0.380 e. The summed E-state index contributed by atoms with van der Waals surface area (Å²) in [4.78, 5) is 4.22. The maximum Gasteiger partial charge on any atom is 0.106 e. The average molecular weight is 299 g/mol. The second-order valence-corrected chi connectivity index (χ2v) is 5.88. The van der Waals surface area contributed by atoms with Gasteiger partial charge in [-0.05, 0) is 41.4 Å². The van der Waals surface area contributed by atoms with Crippen LogP contribution in [-0.4, -0.2) is 23.7 Å². The number of aromatic nitrogens is 1. The molecule has 1 aromatic heterocycles. The van der Waals surface area contributed by atoms with Gasteiger partial charge in [0.15, 0.2) is 0 Å². The van der Waals surface area contributed by atoms with Gasteiger partial charge in [0.05, 0.1) is 18.0 Å². The van der Waals surface area contributed by atoms with Gasteiger partial charge < -0.3 is 10.1 Å². The lowest BCUT2D eigenvalue weighted by Crippen LogP contribution is -2.58. The zero-order valence-electron chi connectivity index (χ0n) is 10.5. The summed E-state index contributed by atoms with van der Waals surface area (Å²) < 4.78 is 6.58. The lowest BCUT2D eigenvalue weighted by Gasteiger charge is -2.52. The van der Waals surface area contributed by atoms with Crippen molar-refractivity contribution in [1.29, 1.82) is 0 Å². The standard InChI is InChI=1S/C13H19BrN2O/c1-4-17-11-7-10(13(11,2)3)16-9-5-6-12(14)15-8-9/h5-6,8,10-11,16H,4,7H2,1-3H3. The number of pyridine rings is 1. The molecule has 1 saturated carbocycles. The molecule has 0 amide bonds. The Bertz CT molecular complexity index is 378. The fourth-order valence-corrected chi connectivity index (χ4v) is 2.51. The molecule has 0 spiro atoms. The average Bonchev–Trinajstić information content (AvgIpc) is 2.30. The molecule has 4 heteroatoms. The van der Waals surface area contributed by atoms with E-state index in [0.29, 0.717) is 12.1 Å². The highest BCUT2D eigenvalue weighted by molar-refractivity contribution is 9.10. The molecule has 17 heavy (non-hydrogen) atoms. The van der Waals surface area contributed by atoms with E-state index in [0.717, 1.165) is 23.3 Å². The van der Waals surface area contributed by atoms with E-state index in [4.69, 9.17) is 4.74 Å². The molecule has 94 valence electrons. The highest BCUT2D eigenvalue weighted by Crippen LogP contribution is 2.44. The Labute approximate surface area is 111 Å². The first-order chi connectivity index (χ1) is 8.04. The third-order valence-corrected chi connectivity index (χ3v) is 4.08. The molecular formula is C13H19BrN2O. The van der Waals surface area contributed by atoms with Crippen LogP contribution >= 0.6 is 15.9 Å². The molecule has 0 bridgehead atoms. The number of nitrogens with one attached hydrogen (secondary N) is 1. The summed E-state index contributed by atoms with van der Waals surface area (Å²) in [5.41, 5.74) is 1.25. The minimum atomic E-state index is 0.184. The summed E-state index contributed by atoms with van der Waals surface area (Å²) in [5, 5.41) is 3.52. The van der Waals surface area contributed by atoms with Gasteiger partial charge in [-0.1, -0.05) is 13.8 Å². The third-order valence-electron chi connectivity index (χ3n) is 3.61. The molecule has 0 saturated heterocycles. The first-order valence-electron chi connectivity index (χ1n) is 6.03. The van der Waals surface area contributed by atoms with E-state index in [1.807, 2.05) is 18.3 Å². The topological polar surface area (TPSA) is 34.1 Å². The van der Waals surface area contributed by atoms with Gasteiger partial charge in [-0.15, -0.1) is 0 Å². The van der Waals surface area contributed by atoms with Crippen molar-refractivity contribution < 1.29 is 4.74 Å². The van der Waals surface area contributed by atoms with Crippen molar-refractivity contribution in [3.05, 3.63) is 22.9 Å². The van der Waals surface area contributed by atoms with Gasteiger partial charge in [0.2, 0.25) is 0 Å². The summed E-state index contributed by atoms with van der Waals surface area (Å²) in [6, 6.07) is 4.46. The van der Waals surface area contributed by atoms with Crippen LogP contribution in [0.15, 0.2) is 22.9 Å². The van der Waals surface area contributed by atoms with Crippen LogP contribution in [0.25, 0.3) is 0 Å². The van der Waals surface area contributed by atoms with E-state index >= 15 is 0 Å². The van der Waals surface area contributed by atoms with E-state index in [1.54, 1.807) is 0 Å². The van der Waals surface area contributed by atoms with Crippen molar-refractivity contribution in [1.82, 2.24) is 4.98 Å². The van der Waals surface area contributed by atoms with Crippen molar-refractivity contribution >= 4 is 21.6 Å². The van der Waals surface area contributed by atoms with Crippen LogP contribution in [0, 0.1) is 5.41 Å². The molecule has 0 aromatic carbocycles. The zero-order valence-corrected chi connectivity index (χ0v) is 12.1. The maximum absolute atomic E-state index is 5.72. The SMILES string of the molecule is CCOC1CC(Nc2ccc(Br)nc2)C1(C)C. The molecule has 2 atom stereocenters. The largest absolute Gasteiger partial charge is 0.380 e. The predicted molar refractivity (Wildman–Crippen MR) is 73.2 cm³/mol. The minimum absolute atomic E-state index is 0.184. The number of nitrogens with zero attached hydrogens (tertiary/aromatic N) is 1. The van der Waals surface area contributed by atoms with Crippen LogP contribution in [0.4, 0.5) is 5.69 Å². The Morgan fingerprint density at radius 2 is 2.29 bits per heavy atom. The van der Waals surface area contributed by atoms with Gasteiger partial charge >= 0.3 is 0 Å². The number of hydrogen-bond donors (Lipinski definition) is 1. The van der Waals surface area contributed by atoms with Crippen molar-refractivity contribution in [2.24, 2.45) is 5.41 Å². The van der Waals surface area contributed by atoms with Crippen LogP contribution < -0.4 is 5.32 Å². The van der Waals surface area contributed by atoms with Crippen LogP contribution in [-0.2, 0) is 4.74 Å². The van der Waals surface area contributed by atoms with Crippen molar-refractivity contribution in [3.63, 3.8) is 0 Å². The van der Waals surface area contributed by atoms with Crippen molar-refractivity contribution in [3.8, 4) is 0 Å². The molecule has 1 fully saturated rings. The Kier molecular flexibility index (Phi) is 3.73. The quantitative estimate of drug-likeness (QED) is 0.865. The maximum atomic E-state index is 5.72. The second-order valence-electron chi connectivity index (χ2n) is 5.07. The van der Waals surface area contributed by atoms with Gasteiger partial charge in [-0.2, -0.15) is 0 Å². The molecule has 2 rings (SSSR count). The number of anilines is 1. The molecule has 1 aliphatic carbocycles. The number of ether oxygens (including phenoxy) is 1. The number of rotatable bonds is 4. The second kappa shape index (κ2) is 4.94. The molecule has 0 radical (unpaired) electrons. The van der Waals surface area contributed by atoms with Crippen LogP contribution in [0.1, 0.15) is 27.2 Å². The fourth-order valence-electron chi connectivity index (χ4n) is 2.28. The lowest BCUT2D eigenvalue weighted by molar-refractivity contribution is -0.0976. The Balaban J connectivity index is 1.95. The van der Waals surface area contributed by atoms with E-state index in [1.165, 1.54) is 0 Å². The van der Waals surface area contributed by atoms with E-state index in [2.05, 4.69) is 47.0 Å². The van der Waals surface area contributed by atoms with Gasteiger partial charge in [-0.25, -0.2) is 4.98 Å². The first kappa shape index (κ1) is 12.8. The first-order valence-corrected chi connectivity index (χ1v) is 6.83. The molecule has 1 aromatic rings. The Hall–Kier alpha value is -0.610. The van der Waals surface area contributed by atoms with Crippen molar-refractivity contribution in [2.75, 3.05) is 11.9 Å². The summed E-state index contributed by atoms with van der Waals surface area (Å²) in [6.45, 7) is 7.34. The Morgan fingerprint density at radius 3 is 2.82 bits per heavy atom. The molecule has 0 aliphatic heterocycles. The van der Waals surface area contributed by atoms with E-state index < -0.39 is 0 Å². The predicted octanol–water partition coefficient (Wildman–Crippen LogP) is 3.46. The lowest BCUT2D eigenvalue weighted by atomic mass is 9.64.